The Bertz CT molecular complexity index is 3890. The maximum Gasteiger partial charge on any atom is 0.252 e. The number of benzene rings is 8. The van der Waals surface area contributed by atoms with Crippen molar-refractivity contribution < 1.29 is 0 Å². The highest BCUT2D eigenvalue weighted by Gasteiger charge is 2.49. The Hall–Kier alpha value is -7.16. The Labute approximate surface area is 477 Å². The van der Waals surface area contributed by atoms with Gasteiger partial charge in [0.05, 0.1) is 0 Å². The largest absolute Gasteiger partial charge is 0.371 e. The zero-order valence-corrected chi connectivity index (χ0v) is 46.8. The van der Waals surface area contributed by atoms with Gasteiger partial charge in [-0.15, -0.1) is 0 Å². The van der Waals surface area contributed by atoms with Crippen molar-refractivity contribution in [2.75, 3.05) is 86.7 Å². The number of fused-ring (bicyclic) bond motifs is 10. The summed E-state index contributed by atoms with van der Waals surface area (Å²) in [5, 5.41) is 0. The fraction of sp³-hybridized carbons (Fsp3) is 0.314. The Morgan fingerprint density at radius 2 is 0.825 bits per heavy atom. The molecule has 0 radical (unpaired) electrons. The zero-order valence-electron chi connectivity index (χ0n) is 46.0. The normalized spacial score (nSPS) is 18.9. The smallest absolute Gasteiger partial charge is 0.252 e. The first-order valence-corrected chi connectivity index (χ1v) is 31.7. The Kier molecular flexibility index (Phi) is 10.6. The molecule has 2 saturated heterocycles. The van der Waals surface area contributed by atoms with Gasteiger partial charge in [0.2, 0.25) is 6.71 Å². The third-order valence-electron chi connectivity index (χ3n) is 20.5. The minimum Gasteiger partial charge on any atom is -0.371 e. The van der Waals surface area contributed by atoms with Crippen molar-refractivity contribution >= 4 is 132 Å². The van der Waals surface area contributed by atoms with Crippen LogP contribution in [0.15, 0.2) is 149 Å². The lowest BCUT2D eigenvalue weighted by atomic mass is 9.30. The van der Waals surface area contributed by atoms with Gasteiger partial charge in [-0.2, -0.15) is 0 Å². The van der Waals surface area contributed by atoms with Crippen LogP contribution in [0.2, 0.25) is 0 Å². The highest BCUT2D eigenvalue weighted by molar-refractivity contribution is 8.00. The summed E-state index contributed by atoms with van der Waals surface area (Å²) in [4.78, 5) is 21.9. The maximum atomic E-state index is 2.81. The van der Waals surface area contributed by atoms with E-state index in [1.54, 1.807) is 11.1 Å². The molecule has 10 heterocycles. The molecule has 0 amide bonds. The number of aryl methyl sites for hydroxylation is 2. The predicted octanol–water partition coefficient (Wildman–Crippen LogP) is 11.9. The summed E-state index contributed by atoms with van der Waals surface area (Å²) in [7, 11) is 0. The highest BCUT2D eigenvalue weighted by Crippen LogP contribution is 2.52. The van der Waals surface area contributed by atoms with Crippen molar-refractivity contribution in [1.82, 2.24) is 0 Å². The summed E-state index contributed by atoms with van der Waals surface area (Å²) in [5.74, 6) is 0. The van der Waals surface area contributed by atoms with E-state index in [4.69, 9.17) is 0 Å². The molecule has 0 atom stereocenters. The van der Waals surface area contributed by atoms with Crippen molar-refractivity contribution in [3.05, 3.63) is 162 Å². The Balaban J connectivity index is 0.899. The first kappa shape index (κ1) is 46.6. The molecule has 0 N–H and O–H groups in total. The summed E-state index contributed by atoms with van der Waals surface area (Å²) >= 11 is 2.05. The average molecular weight is 1060 g/mol. The first-order valence-electron chi connectivity index (χ1n) is 30.8. The van der Waals surface area contributed by atoms with Gasteiger partial charge in [0.15, 0.2) is 0 Å². The quantitative estimate of drug-likeness (QED) is 0.157. The number of hydrogen-bond donors (Lipinski definition) is 0. The SMILES string of the molecule is c1ccc(N2c3cc4c(cc3B3c5ccc(N6CCCCC6)c6c5N(CCC6)c5cc(N6CCCc7ccccc76)cc2c53)B2c3ccc(N5CCCCC5)c5c3N(CCC5)c3cc(N5CCCc6ccccc65)cc(c32)S4)cc1. The van der Waals surface area contributed by atoms with Gasteiger partial charge in [0, 0.05) is 136 Å². The number of anilines is 13. The molecular weight excluding hydrogens is 993 g/mol. The summed E-state index contributed by atoms with van der Waals surface area (Å²) in [6.07, 6.45) is 17.0. The lowest BCUT2D eigenvalue weighted by Crippen LogP contribution is -2.65. The van der Waals surface area contributed by atoms with Crippen LogP contribution in [-0.4, -0.2) is 65.8 Å². The van der Waals surface area contributed by atoms with Gasteiger partial charge < -0.3 is 34.3 Å². The standard InChI is InChI=1S/C70H67B2N7S/c1-4-22-48(23-5-1)79-61-45-65-56(72-54-29-31-60(74-34-12-3-13-35-74)52-25-17-39-78(70(52)54)63-41-50(43-66(80-65)68(63)72)76-37-15-21-47-19-7-9-27-58(47)76)44-55(61)71-53-28-30-59(73-32-10-2-11-33-73)51-24-16-38-77(69(51)53)62-40-49(42-64(79)67(62)71)75-36-14-20-46-18-6-8-26-57(46)75/h1,4-9,18-19,22-23,26-31,40-45H,2-3,10-17,20-21,24-25,32-39H2. The van der Waals surface area contributed by atoms with Gasteiger partial charge in [-0.3, -0.25) is 0 Å². The molecule has 2 fully saturated rings. The van der Waals surface area contributed by atoms with Crippen molar-refractivity contribution in [3.63, 3.8) is 0 Å². The van der Waals surface area contributed by atoms with Crippen LogP contribution in [0.3, 0.4) is 0 Å². The summed E-state index contributed by atoms with van der Waals surface area (Å²) in [5.41, 5.74) is 33.1. The van der Waals surface area contributed by atoms with Crippen LogP contribution in [0.4, 0.5) is 73.9 Å². The topological polar surface area (TPSA) is 22.7 Å². The number of hydrogen-bond acceptors (Lipinski definition) is 8. The molecule has 0 spiro atoms. The molecule has 8 aromatic rings. The lowest BCUT2D eigenvalue weighted by Gasteiger charge is -2.48. The molecular formula is C70H67B2N7S. The number of rotatable bonds is 5. The van der Waals surface area contributed by atoms with E-state index in [1.165, 1.54) is 173 Å². The second kappa shape index (κ2) is 18.2. The molecule has 8 aromatic carbocycles. The van der Waals surface area contributed by atoms with Gasteiger partial charge in [0.1, 0.15) is 0 Å². The monoisotopic (exact) mass is 1060 g/mol. The average Bonchev–Trinajstić information content (AvgIpc) is 2.80. The summed E-state index contributed by atoms with van der Waals surface area (Å²) < 4.78 is 0. The molecule has 10 aliphatic rings. The van der Waals surface area contributed by atoms with Crippen LogP contribution in [0.25, 0.3) is 0 Å². The van der Waals surface area contributed by atoms with Crippen molar-refractivity contribution in [2.45, 2.75) is 99.7 Å². The van der Waals surface area contributed by atoms with E-state index in [1.807, 2.05) is 11.8 Å². The van der Waals surface area contributed by atoms with Crippen molar-refractivity contribution in [1.29, 1.82) is 0 Å². The van der Waals surface area contributed by atoms with Crippen molar-refractivity contribution in [3.8, 4) is 0 Å². The minimum atomic E-state index is 0.0735. The molecule has 80 heavy (non-hydrogen) atoms. The fourth-order valence-electron chi connectivity index (χ4n) is 17.1. The van der Waals surface area contributed by atoms with E-state index in [0.717, 1.165) is 97.3 Å². The van der Waals surface area contributed by atoms with E-state index in [2.05, 4.69) is 174 Å². The fourth-order valence-corrected chi connectivity index (χ4v) is 18.3. The molecule has 0 bridgehead atoms. The van der Waals surface area contributed by atoms with Gasteiger partial charge in [-0.1, -0.05) is 90.0 Å². The second-order valence-corrected chi connectivity index (χ2v) is 25.8. The zero-order chi connectivity index (χ0) is 52.2. The number of nitrogens with zero attached hydrogens (tertiary/aromatic N) is 7. The van der Waals surface area contributed by atoms with E-state index < -0.39 is 0 Å². The van der Waals surface area contributed by atoms with Gasteiger partial charge in [0.25, 0.3) is 6.71 Å². The van der Waals surface area contributed by atoms with E-state index in [9.17, 15) is 0 Å². The maximum absolute atomic E-state index is 2.81. The highest BCUT2D eigenvalue weighted by atomic mass is 32.2. The van der Waals surface area contributed by atoms with Crippen LogP contribution < -0.4 is 67.1 Å². The molecule has 0 unspecified atom stereocenters. The Morgan fingerprint density at radius 3 is 1.44 bits per heavy atom. The molecule has 394 valence electrons. The number of para-hydroxylation sites is 3. The van der Waals surface area contributed by atoms with Gasteiger partial charge in [-0.25, -0.2) is 0 Å². The molecule has 10 aliphatic heterocycles. The van der Waals surface area contributed by atoms with E-state index in [0.29, 0.717) is 0 Å². The van der Waals surface area contributed by atoms with E-state index >= 15 is 0 Å². The first-order chi connectivity index (χ1) is 39.7. The molecule has 0 aromatic heterocycles. The second-order valence-electron chi connectivity index (χ2n) is 24.7. The van der Waals surface area contributed by atoms with Crippen LogP contribution >= 0.6 is 11.8 Å². The summed E-state index contributed by atoms with van der Waals surface area (Å²) in [6.45, 7) is 8.96. The lowest BCUT2D eigenvalue weighted by molar-refractivity contribution is 0.575. The molecule has 7 nitrogen and oxygen atoms in total. The van der Waals surface area contributed by atoms with Crippen molar-refractivity contribution in [2.24, 2.45) is 0 Å². The molecule has 18 rings (SSSR count). The van der Waals surface area contributed by atoms with Crippen LogP contribution in [0.5, 0.6) is 0 Å². The molecule has 0 saturated carbocycles. The summed E-state index contributed by atoms with van der Waals surface area (Å²) in [6, 6.07) is 56.1. The minimum absolute atomic E-state index is 0.0735. The third-order valence-corrected chi connectivity index (χ3v) is 21.6. The third kappa shape index (κ3) is 6.83. The number of piperidine rings is 2. The predicted molar refractivity (Wildman–Crippen MR) is 340 cm³/mol. The van der Waals surface area contributed by atoms with E-state index in [-0.39, 0.29) is 13.4 Å². The molecule has 10 heteroatoms. The van der Waals surface area contributed by atoms with Crippen LogP contribution in [-0.2, 0) is 25.7 Å². The van der Waals surface area contributed by atoms with Gasteiger partial charge in [-0.05, 0) is 206 Å². The Morgan fingerprint density at radius 1 is 0.312 bits per heavy atom. The molecule has 0 aliphatic carbocycles. The van der Waals surface area contributed by atoms with Crippen LogP contribution in [0.1, 0.15) is 86.5 Å². The van der Waals surface area contributed by atoms with Gasteiger partial charge >= 0.3 is 0 Å². The van der Waals surface area contributed by atoms with Crippen LogP contribution in [0, 0.1) is 0 Å².